The summed E-state index contributed by atoms with van der Waals surface area (Å²) in [6.07, 6.45) is 49.1. The molecule has 0 aromatic rings. The molecule has 61 heavy (non-hydrogen) atoms. The zero-order valence-corrected chi connectivity index (χ0v) is 46.0. The van der Waals surface area contributed by atoms with Crippen molar-refractivity contribution in [3.05, 3.63) is 6.92 Å². The average molecular weight is 1090 g/mol. The Kier molecular flexibility index (Phi) is 61.9. The summed E-state index contributed by atoms with van der Waals surface area (Å²) in [4.78, 5) is 28.2. The Hall–Kier alpha value is -0.0881. The van der Waals surface area contributed by atoms with Crippen molar-refractivity contribution >= 4 is 12.4 Å². The molecule has 1 atom stereocenters. The van der Waals surface area contributed by atoms with Gasteiger partial charge < -0.3 is 31.4 Å². The van der Waals surface area contributed by atoms with Crippen molar-refractivity contribution in [3.8, 4) is 0 Å². The average Bonchev–Trinajstić information content (AvgIpc) is 3.26. The Bertz CT molecular complexity index is 798. The van der Waals surface area contributed by atoms with Crippen molar-refractivity contribution in [2.24, 2.45) is 5.92 Å². The number of hydrogen-bond acceptors (Lipinski definition) is 5. The van der Waals surface area contributed by atoms with Crippen LogP contribution < -0.4 is 0 Å². The van der Waals surface area contributed by atoms with E-state index in [9.17, 15) is 9.59 Å². The van der Waals surface area contributed by atoms with Crippen LogP contribution >= 0.6 is 0 Å². The minimum absolute atomic E-state index is 0. The predicted octanol–water partition coefficient (Wildman–Crippen LogP) is 15.9. The topological polar surface area (TPSA) is 70.1 Å². The van der Waals surface area contributed by atoms with Crippen molar-refractivity contribution in [1.82, 2.24) is 9.80 Å². The first-order chi connectivity index (χ1) is 29.5. The number of unbranched alkanes of at least 4 members (excludes halogenated alkanes) is 29. The summed E-state index contributed by atoms with van der Waals surface area (Å²) in [6.45, 7) is 20.9. The molecule has 7 heteroatoms. The van der Waals surface area contributed by atoms with Gasteiger partial charge in [0.1, 0.15) is 0 Å². The molecule has 1 N–H and O–H groups in total. The van der Waals surface area contributed by atoms with Crippen LogP contribution in [0.5, 0.6) is 0 Å². The van der Waals surface area contributed by atoms with Crippen LogP contribution in [0, 0.1) is 44.0 Å². The summed E-state index contributed by atoms with van der Waals surface area (Å²) < 4.78 is 4.74. The largest absolute Gasteiger partial charge is 2.00 e. The Morgan fingerprint density at radius 1 is 0.492 bits per heavy atom. The van der Waals surface area contributed by atoms with Crippen LogP contribution in [0.1, 0.15) is 278 Å². The van der Waals surface area contributed by atoms with Crippen molar-refractivity contribution in [2.75, 3.05) is 45.9 Å². The van der Waals surface area contributed by atoms with E-state index in [1.165, 1.54) is 244 Å². The molecule has 0 aromatic carbocycles. The summed E-state index contributed by atoms with van der Waals surface area (Å²) >= 11 is 0. The fourth-order valence-electron chi connectivity index (χ4n) is 8.35. The van der Waals surface area contributed by atoms with Crippen molar-refractivity contribution in [1.29, 1.82) is 0 Å². The number of aliphatic hydroxyl groups is 1. The molecule has 0 fully saturated rings. The van der Waals surface area contributed by atoms with Crippen molar-refractivity contribution in [3.63, 3.8) is 0 Å². The molecule has 0 aromatic heterocycles. The minimum Gasteiger partial charge on any atom is -0.652 e. The summed E-state index contributed by atoms with van der Waals surface area (Å²) in [5.41, 5.74) is 0. The molecule has 0 aliphatic heterocycles. The summed E-state index contributed by atoms with van der Waals surface area (Å²) in [5, 5.41) is 9.12. The summed E-state index contributed by atoms with van der Waals surface area (Å²) in [6, 6.07) is 0. The molecule has 6 nitrogen and oxygen atoms in total. The first-order valence-corrected chi connectivity index (χ1v) is 26.9. The van der Waals surface area contributed by atoms with Crippen LogP contribution in [0.15, 0.2) is 0 Å². The van der Waals surface area contributed by atoms with Crippen LogP contribution in [0.3, 0.4) is 0 Å². The number of hydrogen-bond donors (Lipinski definition) is 1. The van der Waals surface area contributed by atoms with Gasteiger partial charge in [-0.2, -0.15) is 6.42 Å². The Morgan fingerprint density at radius 2 is 0.852 bits per heavy atom. The molecule has 0 radical (unpaired) electrons. The number of amides is 1. The van der Waals surface area contributed by atoms with E-state index in [-0.39, 0.29) is 31.1 Å². The monoisotopic (exact) mass is 1090 g/mol. The first-order valence-electron chi connectivity index (χ1n) is 26.9. The van der Waals surface area contributed by atoms with Gasteiger partial charge in [-0.1, -0.05) is 208 Å². The third kappa shape index (κ3) is 52.4. The summed E-state index contributed by atoms with van der Waals surface area (Å²) in [7, 11) is 0. The van der Waals surface area contributed by atoms with Gasteiger partial charge in [0.2, 0.25) is 5.91 Å². The second kappa shape index (κ2) is 57.9. The number of carbonyl (C=O) groups is 1. The van der Waals surface area contributed by atoms with E-state index in [1.54, 1.807) is 0 Å². The van der Waals surface area contributed by atoms with E-state index in [2.05, 4.69) is 44.4 Å². The normalized spacial score (nSPS) is 11.6. The Morgan fingerprint density at radius 3 is 1.28 bits per heavy atom. The molecule has 0 saturated heterocycles. The number of rotatable bonds is 49. The van der Waals surface area contributed by atoms with Crippen LogP contribution in [0.2, 0.25) is 0 Å². The van der Waals surface area contributed by atoms with Gasteiger partial charge in [0.25, 0.3) is 0 Å². The quantitative estimate of drug-likeness (QED) is 0.0486. The van der Waals surface area contributed by atoms with Gasteiger partial charge in [0, 0.05) is 26.1 Å². The molecule has 0 aliphatic carbocycles. The van der Waals surface area contributed by atoms with Gasteiger partial charge in [-0.15, -0.1) is 0 Å². The second-order valence-electron chi connectivity index (χ2n) is 18.3. The van der Waals surface area contributed by atoms with E-state index in [1.807, 2.05) is 0 Å². The van der Waals surface area contributed by atoms with Gasteiger partial charge in [-0.25, -0.2) is 0 Å². The predicted molar refractivity (Wildman–Crippen MR) is 263 cm³/mol. The van der Waals surface area contributed by atoms with Crippen LogP contribution in [-0.4, -0.2) is 73.2 Å². The molecule has 0 bridgehead atoms. The fraction of sp³-hybridized carbons (Fsp3) is 0.944. The van der Waals surface area contributed by atoms with Gasteiger partial charge in [0.15, 0.2) is 0 Å². The van der Waals surface area contributed by atoms with E-state index < -0.39 is 0 Å². The van der Waals surface area contributed by atoms with Gasteiger partial charge in [-0.05, 0) is 89.8 Å². The van der Waals surface area contributed by atoms with E-state index >= 15 is 0 Å². The fourth-order valence-corrected chi connectivity index (χ4v) is 8.35. The number of ether oxygens (including phenoxy) is 1. The summed E-state index contributed by atoms with van der Waals surface area (Å²) in [5.74, 6) is 0.980. The van der Waals surface area contributed by atoms with Crippen LogP contribution in [0.25, 0.3) is 0 Å². The zero-order valence-electron chi connectivity index (χ0n) is 41.9. The molecule has 1 amide bonds. The van der Waals surface area contributed by atoms with Gasteiger partial charge >= 0.3 is 31.1 Å². The molecule has 0 rings (SSSR count). The van der Waals surface area contributed by atoms with Crippen LogP contribution in [-0.2, 0) is 14.3 Å². The molecule has 0 heterocycles. The standard InChI is InChI=1S/C41H83N2O2.C13H25O2.U/c1-4-7-10-13-16-18-24-31-38-43(39-32-25-19-17-14-11-8-5-2)41(45)34-27-21-20-23-29-36-42(37-30-26-33-40-44)35-28-22-15-12-9-6-3;1-3-5-7-8-10-13(9-6-4-2)11-15-12-14;/h44H,3-40H2,1-2H3;13H,3-11H2,1-2H3;/q2*-1;+2. The Labute approximate surface area is 407 Å². The molecule has 362 valence electrons. The molecule has 0 saturated carbocycles. The van der Waals surface area contributed by atoms with Gasteiger partial charge in [-0.3, -0.25) is 4.79 Å². The zero-order chi connectivity index (χ0) is 44.3. The number of aliphatic hydroxyl groups excluding tert-OH is 1. The van der Waals surface area contributed by atoms with E-state index in [4.69, 9.17) is 9.84 Å². The van der Waals surface area contributed by atoms with Crippen molar-refractivity contribution < 1.29 is 50.5 Å². The maximum atomic E-state index is 13.2. The van der Waals surface area contributed by atoms with E-state index in [0.29, 0.717) is 25.0 Å². The molecular weight excluding hydrogens is 979 g/mol. The number of carbonyl (C=O) groups excluding carboxylic acids is 2. The molecule has 0 spiro atoms. The Balaban J connectivity index is -0.00000177. The maximum absolute atomic E-state index is 13.2. The first kappa shape index (κ1) is 65.2. The molecular formula is C54H108N2O4U. The SMILES string of the molecule is CCCCCCC(CCCC)CO[C-]=O.[CH2-]CCCCCCCN(CCCCCO)CCCCCCCC(=O)N(CCCCCCCCCC)CCCCCCCCCC.[U+2]. The van der Waals surface area contributed by atoms with Crippen molar-refractivity contribution in [2.45, 2.75) is 278 Å². The maximum Gasteiger partial charge on any atom is 2.00 e. The second-order valence-corrected chi connectivity index (χ2v) is 18.3. The third-order valence-electron chi connectivity index (χ3n) is 12.4. The smallest absolute Gasteiger partial charge is 0.652 e. The third-order valence-corrected chi connectivity index (χ3v) is 12.4. The minimum atomic E-state index is 0. The number of nitrogens with zero attached hydrogens (tertiary/aromatic N) is 2. The van der Waals surface area contributed by atoms with Gasteiger partial charge in [0.05, 0.1) is 6.61 Å². The van der Waals surface area contributed by atoms with E-state index in [0.717, 1.165) is 45.2 Å². The molecule has 1 unspecified atom stereocenters. The van der Waals surface area contributed by atoms with Crippen LogP contribution in [0.4, 0.5) is 0 Å². The molecule has 0 aliphatic rings.